The van der Waals surface area contributed by atoms with E-state index in [0.717, 1.165) is 16.8 Å². The van der Waals surface area contributed by atoms with Crippen molar-refractivity contribution in [2.45, 2.75) is 6.54 Å². The van der Waals surface area contributed by atoms with E-state index < -0.39 is 40.7 Å². The number of benzene rings is 1. The van der Waals surface area contributed by atoms with Crippen LogP contribution in [0.25, 0.3) is 10.9 Å². The normalized spacial score (nSPS) is 14.5. The first-order chi connectivity index (χ1) is 12.3. The van der Waals surface area contributed by atoms with E-state index in [1.54, 1.807) is 4.90 Å². The number of piperazine rings is 1. The number of aryl methyl sites for hydroxylation is 1. The number of pyridine rings is 1. The highest BCUT2D eigenvalue weighted by Gasteiger charge is 2.27. The number of nitrogens with one attached hydrogen (secondary N) is 1. The number of fused-ring (bicyclic) bond motifs is 1. The van der Waals surface area contributed by atoms with Crippen LogP contribution < -0.4 is 27.6 Å². The number of hydrogen-bond acceptors (Lipinski definition) is 3. The molecule has 1 aromatic heterocycles. The first kappa shape index (κ1) is 23.7. The number of rotatable bonds is 4. The van der Waals surface area contributed by atoms with Gasteiger partial charge in [0.05, 0.1) is 50.7 Å². The van der Waals surface area contributed by atoms with Crippen LogP contribution in [0.2, 0.25) is 0 Å². The summed E-state index contributed by atoms with van der Waals surface area (Å²) in [6.45, 7) is 1.04. The van der Waals surface area contributed by atoms with Crippen LogP contribution in [-0.2, 0) is 6.54 Å². The first-order valence-electron chi connectivity index (χ1n) is 8.25. The molecule has 3 rings (SSSR count). The molecule has 2 aromatic rings. The molecule has 0 amide bonds. The Kier molecular flexibility index (Phi) is 7.85. The van der Waals surface area contributed by atoms with Crippen molar-refractivity contribution in [1.82, 2.24) is 4.57 Å². The zero-order valence-corrected chi connectivity index (χ0v) is 15.8. The Morgan fingerprint density at radius 1 is 1.29 bits per heavy atom. The van der Waals surface area contributed by atoms with Crippen molar-refractivity contribution in [2.24, 2.45) is 0 Å². The molecule has 0 radical (unpaired) electrons. The zero-order valence-electron chi connectivity index (χ0n) is 15.1. The molecule has 1 saturated heterocycles. The second kappa shape index (κ2) is 9.26. The standard InChI is InChI=1S/C17H18F3N3O3.ClH.H2O/c1-21-4-6-22(7-5-21)15-12(19)8-10-14(13(15)20)23(3-2-18)9-11(16(10)24)17(25)26;;/h8-9H,2-7H2,1H3,(H,25,26);1H;1H2. The number of likely N-dealkylation sites (N-methyl/N-ethyl adjacent to an activating group) is 1. The maximum Gasteiger partial charge on any atom is 0.341 e. The van der Waals surface area contributed by atoms with E-state index in [1.165, 1.54) is 4.90 Å². The van der Waals surface area contributed by atoms with Crippen LogP contribution in [0, 0.1) is 11.6 Å². The van der Waals surface area contributed by atoms with Gasteiger partial charge in [0.1, 0.15) is 23.7 Å². The summed E-state index contributed by atoms with van der Waals surface area (Å²) in [5.74, 6) is -3.43. The Hall–Kier alpha value is -2.30. The number of carboxylic acids is 1. The van der Waals surface area contributed by atoms with Crippen molar-refractivity contribution in [3.63, 3.8) is 0 Å². The van der Waals surface area contributed by atoms with Gasteiger partial charge in [0.15, 0.2) is 5.82 Å². The molecule has 0 spiro atoms. The number of hydrogen-bond donors (Lipinski definition) is 2. The number of carboxylic acid groups (broad SMARTS) is 1. The molecule has 1 aliphatic rings. The van der Waals surface area contributed by atoms with Crippen LogP contribution in [0.4, 0.5) is 18.9 Å². The Bertz CT molecular complexity index is 930. The molecule has 11 heteroatoms. The van der Waals surface area contributed by atoms with Gasteiger partial charge < -0.3 is 37.4 Å². The van der Waals surface area contributed by atoms with E-state index in [4.69, 9.17) is 5.11 Å². The monoisotopic (exact) mass is 423 g/mol. The number of anilines is 1. The number of nitrogens with zero attached hydrogens (tertiary/aromatic N) is 2. The summed E-state index contributed by atoms with van der Waals surface area (Å²) in [6.07, 6.45) is 0.908. The average molecular weight is 424 g/mol. The molecule has 0 atom stereocenters. The minimum atomic E-state index is -1.53. The van der Waals surface area contributed by atoms with Gasteiger partial charge in [0, 0.05) is 6.20 Å². The lowest BCUT2D eigenvalue weighted by Crippen LogP contribution is -3.12. The SMILES string of the molecule is C[NH+]1CCN(c2c(F)cc3c(=O)c(C(=O)O)cn(CCF)c3c2F)CC1.O.[Cl-]. The topological polar surface area (TPSA) is 98.5 Å². The predicted octanol–water partition coefficient (Wildman–Crippen LogP) is -3.54. The quantitative estimate of drug-likeness (QED) is 0.532. The van der Waals surface area contributed by atoms with Crippen molar-refractivity contribution in [2.75, 3.05) is 44.8 Å². The second-order valence-electron chi connectivity index (χ2n) is 6.42. The van der Waals surface area contributed by atoms with E-state index in [9.17, 15) is 18.4 Å². The summed E-state index contributed by atoms with van der Waals surface area (Å²) >= 11 is 0. The number of quaternary nitrogens is 1. The van der Waals surface area contributed by atoms with E-state index in [-0.39, 0.29) is 35.6 Å². The molecule has 0 unspecified atom stereocenters. The lowest BCUT2D eigenvalue weighted by atomic mass is 10.1. The molecule has 0 saturated carbocycles. The third-order valence-electron chi connectivity index (χ3n) is 4.72. The number of aromatic nitrogens is 1. The van der Waals surface area contributed by atoms with Crippen LogP contribution >= 0.6 is 0 Å². The average Bonchev–Trinajstić information content (AvgIpc) is 2.58. The Balaban J connectivity index is 0.00000196. The minimum Gasteiger partial charge on any atom is -1.00 e. The Labute approximate surface area is 164 Å². The van der Waals surface area contributed by atoms with E-state index in [2.05, 4.69) is 0 Å². The number of carbonyl (C=O) groups is 1. The second-order valence-corrected chi connectivity index (χ2v) is 6.42. The van der Waals surface area contributed by atoms with Crippen molar-refractivity contribution < 1.29 is 45.9 Å². The van der Waals surface area contributed by atoms with Gasteiger partial charge in [-0.05, 0) is 6.07 Å². The number of halogens is 4. The Morgan fingerprint density at radius 3 is 2.43 bits per heavy atom. The highest BCUT2D eigenvalue weighted by molar-refractivity contribution is 5.93. The van der Waals surface area contributed by atoms with E-state index in [1.807, 2.05) is 7.05 Å². The fourth-order valence-corrected chi connectivity index (χ4v) is 3.30. The fourth-order valence-electron chi connectivity index (χ4n) is 3.30. The van der Waals surface area contributed by atoms with Crippen molar-refractivity contribution in [3.05, 3.63) is 39.7 Å². The molecule has 156 valence electrons. The maximum atomic E-state index is 15.2. The van der Waals surface area contributed by atoms with Crippen LogP contribution in [0.3, 0.4) is 0 Å². The molecule has 1 aliphatic heterocycles. The fraction of sp³-hybridized carbons (Fsp3) is 0.412. The number of alkyl halides is 1. The summed E-state index contributed by atoms with van der Waals surface area (Å²) in [6, 6.07) is 0.850. The maximum absolute atomic E-state index is 15.2. The van der Waals surface area contributed by atoms with Gasteiger partial charge in [-0.15, -0.1) is 0 Å². The van der Waals surface area contributed by atoms with Gasteiger partial charge in [-0.25, -0.2) is 18.0 Å². The highest BCUT2D eigenvalue weighted by Crippen LogP contribution is 2.30. The third kappa shape index (κ3) is 4.08. The van der Waals surface area contributed by atoms with Gasteiger partial charge in [-0.3, -0.25) is 4.79 Å². The highest BCUT2D eigenvalue weighted by atomic mass is 35.5. The van der Waals surface area contributed by atoms with E-state index >= 15 is 4.39 Å². The smallest absolute Gasteiger partial charge is 0.341 e. The van der Waals surface area contributed by atoms with Gasteiger partial charge in [-0.2, -0.15) is 0 Å². The molecule has 4 N–H and O–H groups in total. The molecule has 0 aliphatic carbocycles. The van der Waals surface area contributed by atoms with Gasteiger partial charge >= 0.3 is 5.97 Å². The molecule has 0 bridgehead atoms. The molecular weight excluding hydrogens is 403 g/mol. The minimum absolute atomic E-state index is 0. The summed E-state index contributed by atoms with van der Waals surface area (Å²) < 4.78 is 43.7. The molecule has 1 fully saturated rings. The lowest BCUT2D eigenvalue weighted by Gasteiger charge is -2.32. The molecule has 28 heavy (non-hydrogen) atoms. The van der Waals surface area contributed by atoms with Crippen LogP contribution in [0.5, 0.6) is 0 Å². The van der Waals surface area contributed by atoms with Gasteiger partial charge in [0.2, 0.25) is 5.43 Å². The molecule has 1 aromatic carbocycles. The van der Waals surface area contributed by atoms with Gasteiger partial charge in [0.25, 0.3) is 0 Å². The number of aromatic carboxylic acids is 1. The van der Waals surface area contributed by atoms with Crippen molar-refractivity contribution in [3.8, 4) is 0 Å². The summed E-state index contributed by atoms with van der Waals surface area (Å²) in [7, 11) is 1.98. The van der Waals surface area contributed by atoms with Crippen molar-refractivity contribution >= 4 is 22.6 Å². The van der Waals surface area contributed by atoms with Crippen molar-refractivity contribution in [1.29, 1.82) is 0 Å². The first-order valence-corrected chi connectivity index (χ1v) is 8.25. The lowest BCUT2D eigenvalue weighted by molar-refractivity contribution is -0.880. The Morgan fingerprint density at radius 2 is 1.89 bits per heavy atom. The molecular formula is C17H21ClF3N3O4. The third-order valence-corrected chi connectivity index (χ3v) is 4.72. The van der Waals surface area contributed by atoms with Crippen LogP contribution in [0.15, 0.2) is 17.1 Å². The predicted molar refractivity (Wildman–Crippen MR) is 93.5 cm³/mol. The van der Waals surface area contributed by atoms with E-state index in [0.29, 0.717) is 26.2 Å². The van der Waals surface area contributed by atoms with Crippen LogP contribution in [-0.4, -0.2) is 61.0 Å². The zero-order chi connectivity index (χ0) is 19.0. The molecule has 7 nitrogen and oxygen atoms in total. The summed E-state index contributed by atoms with van der Waals surface area (Å²) in [5.41, 5.74) is -2.18. The molecule has 2 heterocycles. The van der Waals surface area contributed by atoms with Crippen LogP contribution in [0.1, 0.15) is 10.4 Å². The van der Waals surface area contributed by atoms with Gasteiger partial charge in [-0.1, -0.05) is 0 Å². The largest absolute Gasteiger partial charge is 1.00 e. The summed E-state index contributed by atoms with van der Waals surface area (Å²) in [5, 5.41) is 8.73. The summed E-state index contributed by atoms with van der Waals surface area (Å²) in [4.78, 5) is 26.4.